The summed E-state index contributed by atoms with van der Waals surface area (Å²) in [6.45, 7) is 8.45. The Morgan fingerprint density at radius 1 is 1.06 bits per heavy atom. The van der Waals surface area contributed by atoms with Crippen LogP contribution in [-0.4, -0.2) is 25.7 Å². The van der Waals surface area contributed by atoms with Crippen molar-refractivity contribution in [2.45, 2.75) is 52.0 Å². The number of hydrogen-bond acceptors (Lipinski definition) is 2. The van der Waals surface area contributed by atoms with Crippen molar-refractivity contribution in [3.63, 3.8) is 0 Å². The summed E-state index contributed by atoms with van der Waals surface area (Å²) in [7, 11) is 0. The molecule has 94 valence electrons. The predicted octanol–water partition coefficient (Wildman–Crippen LogP) is 2.40. The van der Waals surface area contributed by atoms with Crippen molar-refractivity contribution in [1.29, 1.82) is 0 Å². The lowest BCUT2D eigenvalue weighted by Crippen LogP contribution is -2.35. The van der Waals surface area contributed by atoms with Crippen LogP contribution in [-0.2, 0) is 0 Å². The van der Waals surface area contributed by atoms with Crippen LogP contribution < -0.4 is 10.6 Å². The normalized spacial score (nSPS) is 40.9. The summed E-state index contributed by atoms with van der Waals surface area (Å²) in [6.07, 6.45) is 7.10. The monoisotopic (exact) mass is 224 g/mol. The van der Waals surface area contributed by atoms with Crippen LogP contribution in [0, 0.1) is 17.8 Å². The summed E-state index contributed by atoms with van der Waals surface area (Å²) in [5, 5.41) is 7.30. The molecule has 1 heterocycles. The van der Waals surface area contributed by atoms with Crippen molar-refractivity contribution < 1.29 is 0 Å². The molecule has 1 saturated carbocycles. The maximum atomic E-state index is 3.81. The molecule has 2 N–H and O–H groups in total. The highest BCUT2D eigenvalue weighted by Gasteiger charge is 2.24. The van der Waals surface area contributed by atoms with Gasteiger partial charge in [-0.25, -0.2) is 0 Å². The van der Waals surface area contributed by atoms with Crippen LogP contribution in [0.3, 0.4) is 0 Å². The summed E-state index contributed by atoms with van der Waals surface area (Å²) in [5.41, 5.74) is 0. The molecule has 1 aliphatic heterocycles. The molecule has 0 bridgehead atoms. The van der Waals surface area contributed by atoms with E-state index in [1.54, 1.807) is 0 Å². The van der Waals surface area contributed by atoms with E-state index in [2.05, 4.69) is 24.5 Å². The molecule has 2 nitrogen and oxygen atoms in total. The van der Waals surface area contributed by atoms with E-state index in [1.165, 1.54) is 51.7 Å². The predicted molar refractivity (Wildman–Crippen MR) is 69.6 cm³/mol. The summed E-state index contributed by atoms with van der Waals surface area (Å²) >= 11 is 0. The first-order valence-corrected chi connectivity index (χ1v) is 7.20. The SMILES string of the molecule is CC1CCCC(NC[C@@H]2CNC[C@H]2C)CC1. The van der Waals surface area contributed by atoms with Crippen molar-refractivity contribution in [3.8, 4) is 0 Å². The minimum Gasteiger partial charge on any atom is -0.316 e. The van der Waals surface area contributed by atoms with E-state index in [4.69, 9.17) is 0 Å². The molecule has 1 saturated heterocycles. The second-order valence-electron chi connectivity index (χ2n) is 6.11. The maximum absolute atomic E-state index is 3.81. The van der Waals surface area contributed by atoms with Crippen LogP contribution in [0.2, 0.25) is 0 Å². The van der Waals surface area contributed by atoms with Crippen molar-refractivity contribution in [2.24, 2.45) is 17.8 Å². The second-order valence-corrected chi connectivity index (χ2v) is 6.11. The van der Waals surface area contributed by atoms with Crippen molar-refractivity contribution in [2.75, 3.05) is 19.6 Å². The van der Waals surface area contributed by atoms with Gasteiger partial charge in [-0.1, -0.05) is 26.7 Å². The molecule has 0 aromatic carbocycles. The molecule has 16 heavy (non-hydrogen) atoms. The van der Waals surface area contributed by atoms with Gasteiger partial charge in [-0.05, 0) is 56.7 Å². The van der Waals surface area contributed by atoms with Gasteiger partial charge in [0.05, 0.1) is 0 Å². The standard InChI is InChI=1S/C14H28N2/c1-11-4-3-5-14(7-6-11)16-10-13-9-15-8-12(13)2/h11-16H,3-10H2,1-2H3/t11?,12-,13+,14?/m1/s1. The number of hydrogen-bond donors (Lipinski definition) is 2. The average molecular weight is 224 g/mol. The minimum absolute atomic E-state index is 0.803. The van der Waals surface area contributed by atoms with Crippen molar-refractivity contribution >= 4 is 0 Å². The molecule has 0 spiro atoms. The van der Waals surface area contributed by atoms with E-state index in [-0.39, 0.29) is 0 Å². The molecule has 2 rings (SSSR count). The lowest BCUT2D eigenvalue weighted by atomic mass is 9.97. The largest absolute Gasteiger partial charge is 0.316 e. The third-order valence-electron chi connectivity index (χ3n) is 4.60. The molecule has 2 fully saturated rings. The smallest absolute Gasteiger partial charge is 0.00672 e. The van der Waals surface area contributed by atoms with E-state index >= 15 is 0 Å². The molecular weight excluding hydrogens is 196 g/mol. The van der Waals surface area contributed by atoms with E-state index in [9.17, 15) is 0 Å². The molecule has 1 aliphatic carbocycles. The van der Waals surface area contributed by atoms with Crippen LogP contribution in [0.15, 0.2) is 0 Å². The Morgan fingerprint density at radius 2 is 1.94 bits per heavy atom. The van der Waals surface area contributed by atoms with Gasteiger partial charge in [-0.2, -0.15) is 0 Å². The van der Waals surface area contributed by atoms with Crippen LogP contribution in [0.5, 0.6) is 0 Å². The zero-order valence-corrected chi connectivity index (χ0v) is 11.0. The first-order chi connectivity index (χ1) is 7.75. The van der Waals surface area contributed by atoms with Crippen LogP contribution in [0.25, 0.3) is 0 Å². The molecule has 0 aromatic rings. The van der Waals surface area contributed by atoms with E-state index in [0.29, 0.717) is 0 Å². The average Bonchev–Trinajstić information content (AvgIpc) is 2.55. The topological polar surface area (TPSA) is 24.1 Å². The second kappa shape index (κ2) is 6.02. The van der Waals surface area contributed by atoms with Gasteiger partial charge in [0, 0.05) is 6.04 Å². The highest BCUT2D eigenvalue weighted by molar-refractivity contribution is 4.82. The molecule has 2 unspecified atom stereocenters. The van der Waals surface area contributed by atoms with E-state index < -0.39 is 0 Å². The molecule has 2 aliphatic rings. The van der Waals surface area contributed by atoms with E-state index in [0.717, 1.165) is 23.8 Å². The Labute approximate surface area is 101 Å². The minimum atomic E-state index is 0.803. The quantitative estimate of drug-likeness (QED) is 0.719. The zero-order valence-electron chi connectivity index (χ0n) is 11.0. The van der Waals surface area contributed by atoms with E-state index in [1.807, 2.05) is 0 Å². The fourth-order valence-electron chi connectivity index (χ4n) is 3.15. The van der Waals surface area contributed by atoms with Crippen LogP contribution in [0.1, 0.15) is 46.0 Å². The van der Waals surface area contributed by atoms with Gasteiger partial charge < -0.3 is 10.6 Å². The Balaban J connectivity index is 1.68. The molecule has 2 heteroatoms. The van der Waals surface area contributed by atoms with Gasteiger partial charge in [0.15, 0.2) is 0 Å². The third kappa shape index (κ3) is 3.46. The first-order valence-electron chi connectivity index (χ1n) is 7.20. The van der Waals surface area contributed by atoms with Gasteiger partial charge in [-0.15, -0.1) is 0 Å². The maximum Gasteiger partial charge on any atom is 0.00672 e. The van der Waals surface area contributed by atoms with Gasteiger partial charge in [0.1, 0.15) is 0 Å². The molecule has 4 atom stereocenters. The molecule has 0 radical (unpaired) electrons. The third-order valence-corrected chi connectivity index (χ3v) is 4.60. The fourth-order valence-corrected chi connectivity index (χ4v) is 3.15. The molecule has 0 aromatic heterocycles. The van der Waals surface area contributed by atoms with Gasteiger partial charge >= 0.3 is 0 Å². The fraction of sp³-hybridized carbons (Fsp3) is 1.00. The zero-order chi connectivity index (χ0) is 11.4. The van der Waals surface area contributed by atoms with Gasteiger partial charge in [0.25, 0.3) is 0 Å². The first kappa shape index (κ1) is 12.4. The summed E-state index contributed by atoms with van der Waals surface area (Å²) in [6, 6.07) is 0.803. The number of nitrogens with one attached hydrogen (secondary N) is 2. The van der Waals surface area contributed by atoms with Gasteiger partial charge in [0.2, 0.25) is 0 Å². The Morgan fingerprint density at radius 3 is 2.69 bits per heavy atom. The summed E-state index contributed by atoms with van der Waals surface area (Å²) in [4.78, 5) is 0. The van der Waals surface area contributed by atoms with Crippen molar-refractivity contribution in [3.05, 3.63) is 0 Å². The summed E-state index contributed by atoms with van der Waals surface area (Å²) in [5.74, 6) is 2.68. The van der Waals surface area contributed by atoms with Crippen LogP contribution in [0.4, 0.5) is 0 Å². The van der Waals surface area contributed by atoms with Crippen molar-refractivity contribution in [1.82, 2.24) is 10.6 Å². The Bertz CT molecular complexity index is 205. The highest BCUT2D eigenvalue weighted by atomic mass is 15.0. The highest BCUT2D eigenvalue weighted by Crippen LogP contribution is 2.23. The Kier molecular flexibility index (Phi) is 4.66. The molecular formula is C14H28N2. The van der Waals surface area contributed by atoms with Gasteiger partial charge in [-0.3, -0.25) is 0 Å². The van der Waals surface area contributed by atoms with Crippen LogP contribution >= 0.6 is 0 Å². The number of rotatable bonds is 3. The molecule has 0 amide bonds. The summed E-state index contributed by atoms with van der Waals surface area (Å²) < 4.78 is 0. The Hall–Kier alpha value is -0.0800. The lowest BCUT2D eigenvalue weighted by Gasteiger charge is -2.21. The lowest BCUT2D eigenvalue weighted by molar-refractivity contribution is 0.368.